The molecule has 2 aromatic carbocycles. The maximum Gasteiger partial charge on any atom is 0.228 e. The van der Waals surface area contributed by atoms with Gasteiger partial charge in [-0.2, -0.15) is 10.2 Å². The van der Waals surface area contributed by atoms with Gasteiger partial charge in [0.15, 0.2) is 11.3 Å². The summed E-state index contributed by atoms with van der Waals surface area (Å²) in [6, 6.07) is 17.8. The number of nitrogens with zero attached hydrogens (tertiary/aromatic N) is 3. The summed E-state index contributed by atoms with van der Waals surface area (Å²) >= 11 is 0. The standard InChI is InChI=1S/C26H17N5O5/c27-10-15-21(28)20-19(23-22(36-26(20)31-24(15)29)17(33)9-14(11-32)34-23)12-5-7-13(8-6-12)25-30-16-3-1-2-4-18(16)35-25/h1-9,19,32H,11H2,(H4,28,29,31). The zero-order valence-electron chi connectivity index (χ0n) is 18.6. The molecule has 1 aliphatic heterocycles. The number of oxazole rings is 1. The third-order valence-corrected chi connectivity index (χ3v) is 6.05. The van der Waals surface area contributed by atoms with Gasteiger partial charge in [-0.1, -0.05) is 24.3 Å². The Morgan fingerprint density at radius 3 is 2.56 bits per heavy atom. The van der Waals surface area contributed by atoms with Crippen molar-refractivity contribution in [1.29, 1.82) is 5.26 Å². The third-order valence-electron chi connectivity index (χ3n) is 6.05. The van der Waals surface area contributed by atoms with Gasteiger partial charge in [0.05, 0.1) is 17.2 Å². The number of nitrogens with two attached hydrogens (primary N) is 2. The molecule has 0 spiro atoms. The van der Waals surface area contributed by atoms with Crippen molar-refractivity contribution in [3.05, 3.63) is 93.0 Å². The smallest absolute Gasteiger partial charge is 0.228 e. The number of para-hydroxylation sites is 2. The summed E-state index contributed by atoms with van der Waals surface area (Å²) in [4.78, 5) is 21.5. The molecule has 5 N–H and O–H groups in total. The Bertz CT molecular complexity index is 1730. The number of nitrogen functional groups attached to an aromatic ring is 2. The van der Waals surface area contributed by atoms with Crippen LogP contribution in [0.15, 0.2) is 68.2 Å². The molecular formula is C26H17N5O5. The summed E-state index contributed by atoms with van der Waals surface area (Å²) in [5.74, 6) is -0.320. The molecule has 10 heteroatoms. The molecule has 3 aromatic heterocycles. The minimum Gasteiger partial charge on any atom is -0.458 e. The van der Waals surface area contributed by atoms with E-state index in [9.17, 15) is 15.2 Å². The van der Waals surface area contributed by atoms with Crippen LogP contribution in [0.5, 0.6) is 11.6 Å². The van der Waals surface area contributed by atoms with Crippen LogP contribution in [0.1, 0.15) is 34.1 Å². The quantitative estimate of drug-likeness (QED) is 0.340. The van der Waals surface area contributed by atoms with Gasteiger partial charge in [-0.15, -0.1) is 0 Å². The molecular weight excluding hydrogens is 462 g/mol. The Labute approximate surface area is 203 Å². The summed E-state index contributed by atoms with van der Waals surface area (Å²) in [6.45, 7) is -0.488. The lowest BCUT2D eigenvalue weighted by Crippen LogP contribution is -2.21. The molecule has 5 aromatic rings. The topological polar surface area (TPSA) is 174 Å². The SMILES string of the molecule is N#Cc1c(N)nc2c(c1N)C(c1ccc(-c3nc4ccccc4o3)cc1)c1oc(CO)cc(=O)c1O2. The van der Waals surface area contributed by atoms with E-state index in [1.807, 2.05) is 42.5 Å². The molecule has 1 aliphatic rings. The first-order valence-electron chi connectivity index (χ1n) is 10.9. The van der Waals surface area contributed by atoms with Gasteiger partial charge >= 0.3 is 0 Å². The maximum atomic E-state index is 12.8. The van der Waals surface area contributed by atoms with Crippen molar-refractivity contribution in [1.82, 2.24) is 9.97 Å². The highest BCUT2D eigenvalue weighted by atomic mass is 16.5. The van der Waals surface area contributed by atoms with E-state index >= 15 is 0 Å². The molecule has 1 atom stereocenters. The average molecular weight is 479 g/mol. The van der Waals surface area contributed by atoms with Crippen LogP contribution in [-0.2, 0) is 6.61 Å². The first-order chi connectivity index (χ1) is 17.5. The molecule has 10 nitrogen and oxygen atoms in total. The van der Waals surface area contributed by atoms with Crippen LogP contribution in [-0.4, -0.2) is 15.1 Å². The third kappa shape index (κ3) is 3.19. The van der Waals surface area contributed by atoms with Gasteiger partial charge in [-0.05, 0) is 29.8 Å². The van der Waals surface area contributed by atoms with E-state index in [0.29, 0.717) is 22.6 Å². The predicted molar refractivity (Wildman–Crippen MR) is 129 cm³/mol. The van der Waals surface area contributed by atoms with Crippen molar-refractivity contribution in [2.75, 3.05) is 11.5 Å². The van der Waals surface area contributed by atoms with Crippen molar-refractivity contribution in [3.8, 4) is 29.2 Å². The van der Waals surface area contributed by atoms with Gasteiger partial charge in [0.25, 0.3) is 0 Å². The molecule has 1 unspecified atom stereocenters. The molecule has 0 saturated heterocycles. The van der Waals surface area contributed by atoms with Crippen LogP contribution in [0.2, 0.25) is 0 Å². The Morgan fingerprint density at radius 1 is 1.06 bits per heavy atom. The Balaban J connectivity index is 1.54. The summed E-state index contributed by atoms with van der Waals surface area (Å²) in [6.07, 6.45) is 0. The van der Waals surface area contributed by atoms with Crippen molar-refractivity contribution in [2.45, 2.75) is 12.5 Å². The minimum absolute atomic E-state index is 0.00504. The van der Waals surface area contributed by atoms with E-state index in [1.165, 1.54) is 0 Å². The van der Waals surface area contributed by atoms with Gasteiger partial charge in [0.2, 0.25) is 22.9 Å². The molecule has 176 valence electrons. The summed E-state index contributed by atoms with van der Waals surface area (Å²) in [5.41, 5.74) is 15.0. The average Bonchev–Trinajstić information content (AvgIpc) is 3.32. The first kappa shape index (κ1) is 21.4. The highest BCUT2D eigenvalue weighted by Gasteiger charge is 2.37. The fourth-order valence-electron chi connectivity index (χ4n) is 4.37. The molecule has 0 amide bonds. The number of ether oxygens (including phenoxy) is 1. The second-order valence-corrected chi connectivity index (χ2v) is 8.19. The fraction of sp³-hybridized carbons (Fsp3) is 0.0769. The van der Waals surface area contributed by atoms with E-state index in [4.69, 9.17) is 25.0 Å². The predicted octanol–water partition coefficient (Wildman–Crippen LogP) is 3.66. The van der Waals surface area contributed by atoms with Gasteiger partial charge in [0, 0.05) is 11.6 Å². The monoisotopic (exact) mass is 479 g/mol. The molecule has 0 fully saturated rings. The van der Waals surface area contributed by atoms with E-state index in [-0.39, 0.29) is 40.2 Å². The lowest BCUT2D eigenvalue weighted by atomic mass is 9.85. The Kier molecular flexibility index (Phi) is 4.74. The number of hydrogen-bond acceptors (Lipinski definition) is 10. The number of aliphatic hydroxyl groups is 1. The zero-order chi connectivity index (χ0) is 25.0. The molecule has 0 aliphatic carbocycles. The van der Waals surface area contributed by atoms with Crippen LogP contribution < -0.4 is 21.6 Å². The van der Waals surface area contributed by atoms with Crippen LogP contribution in [0.4, 0.5) is 11.5 Å². The maximum absolute atomic E-state index is 12.8. The second kappa shape index (κ2) is 7.97. The number of hydrogen-bond donors (Lipinski definition) is 3. The minimum atomic E-state index is -0.763. The lowest BCUT2D eigenvalue weighted by molar-refractivity contribution is 0.233. The fourth-order valence-corrected chi connectivity index (χ4v) is 4.37. The largest absolute Gasteiger partial charge is 0.458 e. The number of pyridine rings is 1. The highest BCUT2D eigenvalue weighted by Crippen LogP contribution is 2.49. The molecule has 6 rings (SSSR count). The molecule has 4 heterocycles. The highest BCUT2D eigenvalue weighted by molar-refractivity contribution is 5.77. The zero-order valence-corrected chi connectivity index (χ0v) is 18.6. The Morgan fingerprint density at radius 2 is 1.83 bits per heavy atom. The van der Waals surface area contributed by atoms with Gasteiger partial charge < -0.3 is 30.1 Å². The van der Waals surface area contributed by atoms with E-state index in [2.05, 4.69) is 9.97 Å². The van der Waals surface area contributed by atoms with Gasteiger partial charge in [-0.25, -0.2) is 4.98 Å². The van der Waals surface area contributed by atoms with Crippen LogP contribution in [0.3, 0.4) is 0 Å². The number of fused-ring (bicyclic) bond motifs is 3. The van der Waals surface area contributed by atoms with E-state index < -0.39 is 18.0 Å². The van der Waals surface area contributed by atoms with E-state index in [0.717, 1.165) is 17.1 Å². The molecule has 0 radical (unpaired) electrons. The number of nitriles is 1. The number of aliphatic hydroxyl groups excluding tert-OH is 1. The van der Waals surface area contributed by atoms with Gasteiger partial charge in [0.1, 0.15) is 35.3 Å². The number of anilines is 2. The van der Waals surface area contributed by atoms with Crippen molar-refractivity contribution >= 4 is 22.6 Å². The number of rotatable bonds is 3. The van der Waals surface area contributed by atoms with Crippen molar-refractivity contribution < 1.29 is 18.7 Å². The second-order valence-electron chi connectivity index (χ2n) is 8.19. The molecule has 0 bridgehead atoms. The van der Waals surface area contributed by atoms with Crippen LogP contribution in [0.25, 0.3) is 22.6 Å². The normalized spacial score (nSPS) is 14.1. The first-order valence-corrected chi connectivity index (χ1v) is 10.9. The van der Waals surface area contributed by atoms with Crippen molar-refractivity contribution in [3.63, 3.8) is 0 Å². The van der Waals surface area contributed by atoms with Gasteiger partial charge in [-0.3, -0.25) is 4.79 Å². The summed E-state index contributed by atoms with van der Waals surface area (Å²) in [5, 5.41) is 19.2. The summed E-state index contributed by atoms with van der Waals surface area (Å²) in [7, 11) is 0. The van der Waals surface area contributed by atoms with Crippen LogP contribution in [0, 0.1) is 11.3 Å². The lowest BCUT2D eigenvalue weighted by Gasteiger charge is -2.28. The molecule has 36 heavy (non-hydrogen) atoms. The summed E-state index contributed by atoms with van der Waals surface area (Å²) < 4.78 is 17.5. The van der Waals surface area contributed by atoms with Crippen molar-refractivity contribution in [2.24, 2.45) is 0 Å². The van der Waals surface area contributed by atoms with E-state index in [1.54, 1.807) is 12.1 Å². The number of benzene rings is 2. The Hall–Kier alpha value is -5.14. The molecule has 0 saturated carbocycles. The number of aromatic nitrogens is 2. The van der Waals surface area contributed by atoms with Crippen LogP contribution >= 0.6 is 0 Å².